The normalized spacial score (nSPS) is 12.1. The van der Waals surface area contributed by atoms with Crippen LogP contribution in [0.3, 0.4) is 0 Å². The zero-order valence-corrected chi connectivity index (χ0v) is 11.4. The maximum absolute atomic E-state index is 14.0. The predicted octanol–water partition coefficient (Wildman–Crippen LogP) is 3.20. The van der Waals surface area contributed by atoms with E-state index in [0.717, 1.165) is 12.1 Å². The van der Waals surface area contributed by atoms with Gasteiger partial charge in [-0.2, -0.15) is 0 Å². The molecule has 0 amide bonds. The van der Waals surface area contributed by atoms with Crippen molar-refractivity contribution < 1.29 is 27.8 Å². The number of benzene rings is 2. The van der Waals surface area contributed by atoms with E-state index in [9.17, 15) is 18.3 Å². The number of halogens is 3. The van der Waals surface area contributed by atoms with Gasteiger partial charge in [0, 0.05) is 17.2 Å². The molecule has 3 nitrogen and oxygen atoms in total. The Morgan fingerprint density at radius 3 is 2.14 bits per heavy atom. The van der Waals surface area contributed by atoms with Gasteiger partial charge in [-0.3, -0.25) is 0 Å². The Hall–Kier alpha value is -2.21. The number of hydrogen-bond acceptors (Lipinski definition) is 3. The zero-order valence-electron chi connectivity index (χ0n) is 11.4. The van der Waals surface area contributed by atoms with Crippen molar-refractivity contribution in [3.05, 3.63) is 58.9 Å². The molecule has 0 bridgehead atoms. The van der Waals surface area contributed by atoms with E-state index in [1.165, 1.54) is 32.4 Å². The summed E-state index contributed by atoms with van der Waals surface area (Å²) in [6.07, 6.45) is -1.67. The van der Waals surface area contributed by atoms with Gasteiger partial charge < -0.3 is 14.6 Å². The minimum atomic E-state index is -1.67. The number of hydrogen-bond donors (Lipinski definition) is 1. The second kappa shape index (κ2) is 6.05. The molecule has 1 atom stereocenters. The summed E-state index contributed by atoms with van der Waals surface area (Å²) in [4.78, 5) is 0. The SMILES string of the molecule is COc1cc(F)c(C(O)c2cccc(F)c2F)cc1OC. The largest absolute Gasteiger partial charge is 0.493 e. The molecule has 6 heteroatoms. The van der Waals surface area contributed by atoms with Crippen LogP contribution in [-0.2, 0) is 0 Å². The summed E-state index contributed by atoms with van der Waals surface area (Å²) in [5.41, 5.74) is -0.599. The molecule has 0 radical (unpaired) electrons. The lowest BCUT2D eigenvalue weighted by Gasteiger charge is -2.16. The fourth-order valence-corrected chi connectivity index (χ4v) is 1.98. The molecule has 0 aliphatic carbocycles. The van der Waals surface area contributed by atoms with Crippen LogP contribution in [0.25, 0.3) is 0 Å². The number of aliphatic hydroxyl groups excluding tert-OH is 1. The smallest absolute Gasteiger partial charge is 0.164 e. The lowest BCUT2D eigenvalue weighted by Crippen LogP contribution is -2.07. The predicted molar refractivity (Wildman–Crippen MR) is 69.9 cm³/mol. The van der Waals surface area contributed by atoms with E-state index in [-0.39, 0.29) is 22.6 Å². The quantitative estimate of drug-likeness (QED) is 0.942. The molecular formula is C15H13F3O3. The fraction of sp³-hybridized carbons (Fsp3) is 0.200. The molecule has 0 aromatic heterocycles. The van der Waals surface area contributed by atoms with Gasteiger partial charge in [0.1, 0.15) is 11.9 Å². The van der Waals surface area contributed by atoms with Gasteiger partial charge in [-0.05, 0) is 12.1 Å². The minimum Gasteiger partial charge on any atom is -0.493 e. The number of rotatable bonds is 4. The summed E-state index contributed by atoms with van der Waals surface area (Å²) in [5, 5.41) is 10.1. The van der Waals surface area contributed by atoms with Crippen molar-refractivity contribution in [2.24, 2.45) is 0 Å². The van der Waals surface area contributed by atoms with E-state index in [4.69, 9.17) is 9.47 Å². The first-order chi connectivity index (χ1) is 9.99. The third-order valence-electron chi connectivity index (χ3n) is 3.07. The molecule has 2 rings (SSSR count). The van der Waals surface area contributed by atoms with Crippen LogP contribution in [-0.4, -0.2) is 19.3 Å². The average molecular weight is 298 g/mol. The summed E-state index contributed by atoms with van der Waals surface area (Å²) in [7, 11) is 2.67. The lowest BCUT2D eigenvalue weighted by atomic mass is 10.00. The summed E-state index contributed by atoms with van der Waals surface area (Å²) in [6.45, 7) is 0. The van der Waals surface area contributed by atoms with Gasteiger partial charge in [-0.1, -0.05) is 12.1 Å². The fourth-order valence-electron chi connectivity index (χ4n) is 1.98. The third-order valence-corrected chi connectivity index (χ3v) is 3.07. The minimum absolute atomic E-state index is 0.130. The highest BCUT2D eigenvalue weighted by Gasteiger charge is 2.22. The van der Waals surface area contributed by atoms with Crippen LogP contribution in [0.4, 0.5) is 13.2 Å². The van der Waals surface area contributed by atoms with Crippen LogP contribution in [0, 0.1) is 17.5 Å². The van der Waals surface area contributed by atoms with Crippen molar-refractivity contribution in [3.63, 3.8) is 0 Å². The molecule has 0 heterocycles. The van der Waals surface area contributed by atoms with Crippen molar-refractivity contribution in [2.75, 3.05) is 14.2 Å². The molecule has 0 aliphatic rings. The Kier molecular flexibility index (Phi) is 4.37. The third kappa shape index (κ3) is 2.80. The van der Waals surface area contributed by atoms with Crippen LogP contribution < -0.4 is 9.47 Å². The highest BCUT2D eigenvalue weighted by Crippen LogP contribution is 2.35. The molecule has 21 heavy (non-hydrogen) atoms. The van der Waals surface area contributed by atoms with Crippen molar-refractivity contribution in [1.82, 2.24) is 0 Å². The molecule has 112 valence electrons. The second-order valence-corrected chi connectivity index (χ2v) is 4.27. The van der Waals surface area contributed by atoms with Gasteiger partial charge in [0.05, 0.1) is 14.2 Å². The van der Waals surface area contributed by atoms with Gasteiger partial charge in [0.15, 0.2) is 23.1 Å². The summed E-state index contributed by atoms with van der Waals surface area (Å²) in [6, 6.07) is 5.52. The first-order valence-corrected chi connectivity index (χ1v) is 6.03. The van der Waals surface area contributed by atoms with Crippen LogP contribution >= 0.6 is 0 Å². The van der Waals surface area contributed by atoms with E-state index in [2.05, 4.69) is 0 Å². The topological polar surface area (TPSA) is 38.7 Å². The summed E-state index contributed by atoms with van der Waals surface area (Å²) >= 11 is 0. The number of methoxy groups -OCH3 is 2. The first-order valence-electron chi connectivity index (χ1n) is 6.03. The summed E-state index contributed by atoms with van der Waals surface area (Å²) < 4.78 is 50.8. The second-order valence-electron chi connectivity index (χ2n) is 4.27. The standard InChI is InChI=1S/C15H13F3O3/c1-20-12-6-9(11(17)7-13(12)21-2)15(19)8-4-3-5-10(16)14(8)18/h3-7,15,19H,1-2H3. The Morgan fingerprint density at radius 1 is 0.905 bits per heavy atom. The van der Waals surface area contributed by atoms with Gasteiger partial charge in [-0.25, -0.2) is 13.2 Å². The Morgan fingerprint density at radius 2 is 1.52 bits per heavy atom. The number of aliphatic hydroxyl groups is 1. The molecule has 2 aromatic carbocycles. The zero-order chi connectivity index (χ0) is 15.6. The van der Waals surface area contributed by atoms with Crippen molar-refractivity contribution in [3.8, 4) is 11.5 Å². The molecule has 0 aliphatic heterocycles. The van der Waals surface area contributed by atoms with E-state index in [1.54, 1.807) is 0 Å². The van der Waals surface area contributed by atoms with Crippen LogP contribution in [0.2, 0.25) is 0 Å². The monoisotopic (exact) mass is 298 g/mol. The van der Waals surface area contributed by atoms with E-state index >= 15 is 0 Å². The molecule has 0 spiro atoms. The van der Waals surface area contributed by atoms with Crippen molar-refractivity contribution >= 4 is 0 Å². The number of ether oxygens (including phenoxy) is 2. The van der Waals surface area contributed by atoms with Crippen molar-refractivity contribution in [1.29, 1.82) is 0 Å². The first kappa shape index (κ1) is 15.2. The van der Waals surface area contributed by atoms with E-state index in [1.807, 2.05) is 0 Å². The highest BCUT2D eigenvalue weighted by molar-refractivity contribution is 5.46. The van der Waals surface area contributed by atoms with Gasteiger partial charge in [0.25, 0.3) is 0 Å². The Bertz CT molecular complexity index is 659. The summed E-state index contributed by atoms with van der Waals surface area (Å²) in [5.74, 6) is -2.86. The van der Waals surface area contributed by atoms with Crippen LogP contribution in [0.5, 0.6) is 11.5 Å². The Balaban J connectivity index is 2.53. The van der Waals surface area contributed by atoms with E-state index < -0.39 is 23.6 Å². The van der Waals surface area contributed by atoms with Crippen LogP contribution in [0.1, 0.15) is 17.2 Å². The lowest BCUT2D eigenvalue weighted by molar-refractivity contribution is 0.207. The van der Waals surface area contributed by atoms with Gasteiger partial charge in [0.2, 0.25) is 0 Å². The van der Waals surface area contributed by atoms with Gasteiger partial charge in [-0.15, -0.1) is 0 Å². The average Bonchev–Trinajstić information content (AvgIpc) is 2.49. The van der Waals surface area contributed by atoms with Crippen molar-refractivity contribution in [2.45, 2.75) is 6.10 Å². The molecule has 2 aromatic rings. The maximum atomic E-state index is 14.0. The molecule has 0 fully saturated rings. The molecule has 0 saturated heterocycles. The van der Waals surface area contributed by atoms with Gasteiger partial charge >= 0.3 is 0 Å². The molecule has 1 unspecified atom stereocenters. The molecule has 1 N–H and O–H groups in total. The Labute approximate surface area is 119 Å². The van der Waals surface area contributed by atoms with E-state index in [0.29, 0.717) is 0 Å². The molecule has 0 saturated carbocycles. The maximum Gasteiger partial charge on any atom is 0.164 e. The highest BCUT2D eigenvalue weighted by atomic mass is 19.2. The molecular weight excluding hydrogens is 285 g/mol. The van der Waals surface area contributed by atoms with Crippen LogP contribution in [0.15, 0.2) is 30.3 Å².